The molecule has 0 bridgehead atoms. The van der Waals surface area contributed by atoms with Gasteiger partial charge in [-0.15, -0.1) is 0 Å². The van der Waals surface area contributed by atoms with Crippen molar-refractivity contribution < 1.29 is 14.5 Å². The minimum Gasteiger partial charge on any atom is -0.330 e. The topological polar surface area (TPSA) is 45.7 Å². The maximum atomic E-state index is 13.1. The van der Waals surface area contributed by atoms with E-state index in [0.717, 1.165) is 0 Å². The zero-order chi connectivity index (χ0) is 15.2. The van der Waals surface area contributed by atoms with Crippen LogP contribution in [0.2, 0.25) is 0 Å². The van der Waals surface area contributed by atoms with Crippen molar-refractivity contribution in [3.05, 3.63) is 66.0 Å². The summed E-state index contributed by atoms with van der Waals surface area (Å²) < 4.78 is 13.1. The smallest absolute Gasteiger partial charge is 0.282 e. The van der Waals surface area contributed by atoms with Crippen LogP contribution in [-0.2, 0) is 4.79 Å². The number of rotatable bonds is 5. The Morgan fingerprint density at radius 3 is 2.48 bits per heavy atom. The first kappa shape index (κ1) is 15.2. The Hall–Kier alpha value is -2.20. The van der Waals surface area contributed by atoms with Gasteiger partial charge in [-0.3, -0.25) is 4.79 Å². The van der Waals surface area contributed by atoms with E-state index in [9.17, 15) is 9.18 Å². The van der Waals surface area contributed by atoms with Crippen molar-refractivity contribution >= 4 is 11.6 Å². The minimum absolute atomic E-state index is 0.136. The molecule has 2 aromatic rings. The van der Waals surface area contributed by atoms with Crippen LogP contribution in [0.15, 0.2) is 54.6 Å². The standard InChI is InChI=1S/C17H19FN2O/c1-12(14-7-4-3-5-8-14)19-13(2)17(21)20-16-10-6-9-15(18)11-16/h3-13,19H,1-2H3,(H,20,21)/p+1/t12-,13-/m0/s1. The first-order valence-electron chi connectivity index (χ1n) is 7.02. The molecule has 0 heterocycles. The zero-order valence-corrected chi connectivity index (χ0v) is 12.2. The molecular formula is C17H20FN2O+. The van der Waals surface area contributed by atoms with Crippen LogP contribution in [0.3, 0.4) is 0 Å². The Labute approximate surface area is 124 Å². The second-order valence-electron chi connectivity index (χ2n) is 5.18. The van der Waals surface area contributed by atoms with Gasteiger partial charge in [0.25, 0.3) is 5.91 Å². The fourth-order valence-electron chi connectivity index (χ4n) is 2.21. The van der Waals surface area contributed by atoms with Crippen molar-refractivity contribution in [3.63, 3.8) is 0 Å². The molecule has 0 fully saturated rings. The number of benzene rings is 2. The van der Waals surface area contributed by atoms with Crippen LogP contribution in [0.4, 0.5) is 10.1 Å². The van der Waals surface area contributed by atoms with E-state index in [1.807, 2.05) is 42.6 Å². The second kappa shape index (κ2) is 6.99. The summed E-state index contributed by atoms with van der Waals surface area (Å²) >= 11 is 0. The highest BCUT2D eigenvalue weighted by molar-refractivity contribution is 5.93. The SMILES string of the molecule is C[C@H]([NH2+][C@@H](C)c1ccccc1)C(=O)Nc1cccc(F)c1. The van der Waals surface area contributed by atoms with Gasteiger partial charge in [0.15, 0.2) is 6.04 Å². The lowest BCUT2D eigenvalue weighted by atomic mass is 10.1. The van der Waals surface area contributed by atoms with Crippen LogP contribution >= 0.6 is 0 Å². The number of nitrogens with one attached hydrogen (secondary N) is 1. The Kier molecular flexibility index (Phi) is 5.06. The van der Waals surface area contributed by atoms with Crippen LogP contribution in [-0.4, -0.2) is 11.9 Å². The number of amides is 1. The molecule has 0 aliphatic carbocycles. The Morgan fingerprint density at radius 2 is 1.81 bits per heavy atom. The van der Waals surface area contributed by atoms with E-state index in [1.54, 1.807) is 12.1 Å². The number of nitrogens with two attached hydrogens (primary N) is 1. The van der Waals surface area contributed by atoms with Gasteiger partial charge >= 0.3 is 0 Å². The van der Waals surface area contributed by atoms with E-state index >= 15 is 0 Å². The van der Waals surface area contributed by atoms with Gasteiger partial charge in [-0.25, -0.2) is 4.39 Å². The summed E-state index contributed by atoms with van der Waals surface area (Å²) in [4.78, 5) is 12.1. The van der Waals surface area contributed by atoms with E-state index in [1.165, 1.54) is 17.7 Å². The number of hydrogen-bond donors (Lipinski definition) is 2. The van der Waals surface area contributed by atoms with Crippen LogP contribution in [0, 0.1) is 5.82 Å². The molecule has 0 saturated heterocycles. The summed E-state index contributed by atoms with van der Waals surface area (Å²) in [6.45, 7) is 3.90. The summed E-state index contributed by atoms with van der Waals surface area (Å²) in [6.07, 6.45) is 0. The molecule has 0 aromatic heterocycles. The number of quaternary nitrogens is 1. The maximum Gasteiger partial charge on any atom is 0.282 e. The summed E-state index contributed by atoms with van der Waals surface area (Å²) in [5, 5.41) is 4.72. The Balaban J connectivity index is 1.93. The summed E-state index contributed by atoms with van der Waals surface area (Å²) in [7, 11) is 0. The third kappa shape index (κ3) is 4.39. The number of anilines is 1. The van der Waals surface area contributed by atoms with Gasteiger partial charge < -0.3 is 10.6 Å². The fraction of sp³-hybridized carbons (Fsp3) is 0.235. The minimum atomic E-state index is -0.359. The van der Waals surface area contributed by atoms with E-state index in [0.29, 0.717) is 5.69 Å². The van der Waals surface area contributed by atoms with Gasteiger partial charge in [0.2, 0.25) is 0 Å². The van der Waals surface area contributed by atoms with Crippen molar-refractivity contribution in [2.24, 2.45) is 0 Å². The third-order valence-electron chi connectivity index (χ3n) is 3.41. The summed E-state index contributed by atoms with van der Waals surface area (Å²) in [5.74, 6) is -0.495. The molecule has 0 aliphatic heterocycles. The highest BCUT2D eigenvalue weighted by atomic mass is 19.1. The molecule has 2 atom stereocenters. The first-order chi connectivity index (χ1) is 10.1. The van der Waals surface area contributed by atoms with Gasteiger partial charge in [-0.05, 0) is 32.0 Å². The number of carbonyl (C=O) groups is 1. The molecule has 21 heavy (non-hydrogen) atoms. The van der Waals surface area contributed by atoms with Crippen molar-refractivity contribution in [1.82, 2.24) is 0 Å². The maximum absolute atomic E-state index is 13.1. The molecule has 3 N–H and O–H groups in total. The molecule has 0 spiro atoms. The summed E-state index contributed by atoms with van der Waals surface area (Å²) in [5.41, 5.74) is 1.65. The van der Waals surface area contributed by atoms with Crippen LogP contribution < -0.4 is 10.6 Å². The normalized spacial score (nSPS) is 13.5. The fourth-order valence-corrected chi connectivity index (χ4v) is 2.21. The third-order valence-corrected chi connectivity index (χ3v) is 3.41. The van der Waals surface area contributed by atoms with Gasteiger partial charge in [-0.1, -0.05) is 36.4 Å². The van der Waals surface area contributed by atoms with E-state index < -0.39 is 0 Å². The van der Waals surface area contributed by atoms with E-state index in [2.05, 4.69) is 12.2 Å². The lowest BCUT2D eigenvalue weighted by Gasteiger charge is -2.16. The molecule has 0 saturated carbocycles. The largest absolute Gasteiger partial charge is 0.330 e. The molecule has 0 aliphatic rings. The van der Waals surface area contributed by atoms with E-state index in [-0.39, 0.29) is 23.8 Å². The second-order valence-corrected chi connectivity index (χ2v) is 5.18. The first-order valence-corrected chi connectivity index (χ1v) is 7.02. The van der Waals surface area contributed by atoms with Gasteiger partial charge in [0.05, 0.1) is 0 Å². The lowest BCUT2D eigenvalue weighted by Crippen LogP contribution is -2.91. The molecule has 4 heteroatoms. The Bertz CT molecular complexity index is 601. The zero-order valence-electron chi connectivity index (χ0n) is 12.2. The predicted octanol–water partition coefficient (Wildman–Crippen LogP) is 2.48. The Morgan fingerprint density at radius 1 is 1.10 bits per heavy atom. The quantitative estimate of drug-likeness (QED) is 0.872. The van der Waals surface area contributed by atoms with Gasteiger partial charge in [-0.2, -0.15) is 0 Å². The summed E-state index contributed by atoms with van der Waals surface area (Å²) in [6, 6.07) is 15.8. The lowest BCUT2D eigenvalue weighted by molar-refractivity contribution is -0.709. The highest BCUT2D eigenvalue weighted by Crippen LogP contribution is 2.10. The molecule has 0 unspecified atom stereocenters. The number of hydrogen-bond acceptors (Lipinski definition) is 1. The highest BCUT2D eigenvalue weighted by Gasteiger charge is 2.20. The van der Waals surface area contributed by atoms with Crippen molar-refractivity contribution in [3.8, 4) is 0 Å². The monoisotopic (exact) mass is 287 g/mol. The molecular weight excluding hydrogens is 267 g/mol. The van der Waals surface area contributed by atoms with Crippen LogP contribution in [0.25, 0.3) is 0 Å². The molecule has 1 amide bonds. The van der Waals surface area contributed by atoms with Gasteiger partial charge in [0.1, 0.15) is 11.9 Å². The predicted molar refractivity (Wildman–Crippen MR) is 81.3 cm³/mol. The molecule has 3 nitrogen and oxygen atoms in total. The van der Waals surface area contributed by atoms with E-state index in [4.69, 9.17) is 0 Å². The number of carbonyl (C=O) groups excluding carboxylic acids is 1. The molecule has 2 rings (SSSR count). The van der Waals surface area contributed by atoms with Crippen LogP contribution in [0.1, 0.15) is 25.5 Å². The molecule has 110 valence electrons. The number of halogens is 1. The molecule has 0 radical (unpaired) electrons. The molecule has 2 aromatic carbocycles. The van der Waals surface area contributed by atoms with Gasteiger partial charge in [0, 0.05) is 11.3 Å². The van der Waals surface area contributed by atoms with Crippen molar-refractivity contribution in [2.75, 3.05) is 5.32 Å². The van der Waals surface area contributed by atoms with Crippen LogP contribution in [0.5, 0.6) is 0 Å². The average Bonchev–Trinajstić information content (AvgIpc) is 2.48. The van der Waals surface area contributed by atoms with Crippen molar-refractivity contribution in [1.29, 1.82) is 0 Å². The average molecular weight is 287 g/mol. The van der Waals surface area contributed by atoms with Crippen molar-refractivity contribution in [2.45, 2.75) is 25.9 Å².